The molecule has 1 unspecified atom stereocenters. The third-order valence-corrected chi connectivity index (χ3v) is 6.46. The van der Waals surface area contributed by atoms with Gasteiger partial charge in [0.05, 0.1) is 28.5 Å². The number of benzene rings is 2. The minimum absolute atomic E-state index is 0.224. The number of hydrogen-bond donors (Lipinski definition) is 3. The molecule has 9 nitrogen and oxygen atoms in total. The van der Waals surface area contributed by atoms with Crippen molar-refractivity contribution in [2.75, 3.05) is 23.8 Å². The Kier molecular flexibility index (Phi) is 8.50. The van der Waals surface area contributed by atoms with E-state index >= 15 is 0 Å². The minimum Gasteiger partial charge on any atom is -0.492 e. The van der Waals surface area contributed by atoms with Gasteiger partial charge in [0.25, 0.3) is 0 Å². The number of amides is 1. The van der Waals surface area contributed by atoms with E-state index in [2.05, 4.69) is 30.9 Å². The highest BCUT2D eigenvalue weighted by molar-refractivity contribution is 6.32. The maximum Gasteiger partial charge on any atom is 0.248 e. The summed E-state index contributed by atoms with van der Waals surface area (Å²) in [6.45, 7) is 3.62. The quantitative estimate of drug-likeness (QED) is 0.220. The number of anilines is 3. The molecular formula is C29H29ClN6O3. The molecule has 1 amide bonds. The molecule has 200 valence electrons. The van der Waals surface area contributed by atoms with Crippen LogP contribution in [-0.2, 0) is 11.4 Å². The highest BCUT2D eigenvalue weighted by atomic mass is 35.5. The molecule has 1 aliphatic heterocycles. The van der Waals surface area contributed by atoms with Gasteiger partial charge in [-0.3, -0.25) is 9.78 Å². The molecule has 1 saturated heterocycles. The van der Waals surface area contributed by atoms with Gasteiger partial charge in [-0.1, -0.05) is 23.7 Å². The molecule has 3 heterocycles. The number of ether oxygens (including phenoxy) is 2. The number of fused-ring (bicyclic) bond motifs is 1. The second-order valence-electron chi connectivity index (χ2n) is 8.95. The molecule has 0 saturated carbocycles. The SMILES string of the molecule is CCOc1cc2ncnc(Nc3ccc(OCc4ccccn4)c(Cl)c3)c2cc1NC(=O)/C=C/C1CCCN1. The molecule has 1 fully saturated rings. The lowest BCUT2D eigenvalue weighted by atomic mass is 10.1. The van der Waals surface area contributed by atoms with E-state index in [0.29, 0.717) is 52.1 Å². The number of carbonyl (C=O) groups excluding carboxylic acids is 1. The topological polar surface area (TPSA) is 110 Å². The van der Waals surface area contributed by atoms with Crippen LogP contribution in [0, 0.1) is 0 Å². The molecule has 0 spiro atoms. The summed E-state index contributed by atoms with van der Waals surface area (Å²) in [5.41, 5.74) is 2.73. The van der Waals surface area contributed by atoms with E-state index in [4.69, 9.17) is 21.1 Å². The first-order valence-electron chi connectivity index (χ1n) is 12.8. The van der Waals surface area contributed by atoms with Gasteiger partial charge in [0, 0.05) is 35.5 Å². The number of carbonyl (C=O) groups is 1. The summed E-state index contributed by atoms with van der Waals surface area (Å²) in [6, 6.07) is 14.9. The number of pyridine rings is 1. The summed E-state index contributed by atoms with van der Waals surface area (Å²) in [6.07, 6.45) is 8.78. The molecule has 4 aromatic rings. The molecule has 39 heavy (non-hydrogen) atoms. The van der Waals surface area contributed by atoms with Gasteiger partial charge < -0.3 is 25.4 Å². The molecule has 0 radical (unpaired) electrons. The van der Waals surface area contributed by atoms with E-state index in [0.717, 1.165) is 30.8 Å². The molecule has 1 atom stereocenters. The Morgan fingerprint density at radius 2 is 2.05 bits per heavy atom. The van der Waals surface area contributed by atoms with Crippen molar-refractivity contribution in [3.63, 3.8) is 0 Å². The monoisotopic (exact) mass is 544 g/mol. The van der Waals surface area contributed by atoms with Crippen molar-refractivity contribution in [3.05, 3.63) is 83.9 Å². The number of hydrogen-bond acceptors (Lipinski definition) is 8. The third-order valence-electron chi connectivity index (χ3n) is 6.17. The van der Waals surface area contributed by atoms with E-state index in [1.165, 1.54) is 6.33 Å². The standard InChI is InChI=1S/C29H29ClN6O3/c1-2-38-27-16-24-22(15-25(27)36-28(37)11-9-19-7-5-13-31-19)29(34-18-33-24)35-20-8-10-26(23(30)14-20)39-17-21-6-3-4-12-32-21/h3-4,6,8-12,14-16,18-19,31H,2,5,7,13,17H2,1H3,(H,36,37)(H,33,34,35)/b11-9+. The highest BCUT2D eigenvalue weighted by Crippen LogP contribution is 2.35. The molecule has 5 rings (SSSR count). The first-order valence-corrected chi connectivity index (χ1v) is 13.2. The summed E-state index contributed by atoms with van der Waals surface area (Å²) in [5.74, 6) is 1.41. The molecule has 1 aliphatic rings. The summed E-state index contributed by atoms with van der Waals surface area (Å²) in [7, 11) is 0. The number of nitrogens with one attached hydrogen (secondary N) is 3. The van der Waals surface area contributed by atoms with Gasteiger partial charge in [0.1, 0.15) is 30.3 Å². The Bertz CT molecular complexity index is 1480. The van der Waals surface area contributed by atoms with Crippen molar-refractivity contribution in [1.29, 1.82) is 0 Å². The third kappa shape index (κ3) is 6.81. The van der Waals surface area contributed by atoms with Gasteiger partial charge in [-0.25, -0.2) is 9.97 Å². The second-order valence-corrected chi connectivity index (χ2v) is 9.36. The molecule has 3 N–H and O–H groups in total. The fraction of sp³-hybridized carbons (Fsp3) is 0.241. The number of nitrogens with zero attached hydrogens (tertiary/aromatic N) is 3. The summed E-state index contributed by atoms with van der Waals surface area (Å²) in [4.78, 5) is 25.8. The number of halogens is 1. The highest BCUT2D eigenvalue weighted by Gasteiger charge is 2.15. The Hall–Kier alpha value is -4.21. The van der Waals surface area contributed by atoms with Gasteiger partial charge in [-0.2, -0.15) is 0 Å². The van der Waals surface area contributed by atoms with Gasteiger partial charge >= 0.3 is 0 Å². The summed E-state index contributed by atoms with van der Waals surface area (Å²) >= 11 is 6.50. The van der Waals surface area contributed by atoms with Gasteiger partial charge in [-0.15, -0.1) is 0 Å². The predicted molar refractivity (Wildman–Crippen MR) is 153 cm³/mol. The second kappa shape index (κ2) is 12.6. The zero-order valence-corrected chi connectivity index (χ0v) is 22.2. The van der Waals surface area contributed by atoms with Crippen LogP contribution < -0.4 is 25.4 Å². The number of rotatable bonds is 10. The molecule has 0 bridgehead atoms. The smallest absolute Gasteiger partial charge is 0.248 e. The minimum atomic E-state index is -0.233. The lowest BCUT2D eigenvalue weighted by Gasteiger charge is -2.15. The Morgan fingerprint density at radius 3 is 2.82 bits per heavy atom. The van der Waals surface area contributed by atoms with E-state index in [1.54, 1.807) is 30.5 Å². The van der Waals surface area contributed by atoms with Crippen LogP contribution >= 0.6 is 11.6 Å². The van der Waals surface area contributed by atoms with E-state index in [-0.39, 0.29) is 11.9 Å². The largest absolute Gasteiger partial charge is 0.492 e. The lowest BCUT2D eigenvalue weighted by molar-refractivity contribution is -0.111. The van der Waals surface area contributed by atoms with Crippen LogP contribution in [0.25, 0.3) is 10.9 Å². The number of aromatic nitrogens is 3. The average molecular weight is 545 g/mol. The van der Waals surface area contributed by atoms with Gasteiger partial charge in [-0.05, 0) is 62.7 Å². The fourth-order valence-electron chi connectivity index (χ4n) is 4.28. The first kappa shape index (κ1) is 26.4. The van der Waals surface area contributed by atoms with Crippen LogP contribution in [0.5, 0.6) is 11.5 Å². The van der Waals surface area contributed by atoms with E-state index in [9.17, 15) is 4.79 Å². The van der Waals surface area contributed by atoms with E-state index < -0.39 is 0 Å². The van der Waals surface area contributed by atoms with Crippen LogP contribution in [-0.4, -0.2) is 40.1 Å². The van der Waals surface area contributed by atoms with Crippen molar-refractivity contribution in [3.8, 4) is 11.5 Å². The predicted octanol–water partition coefficient (Wildman–Crippen LogP) is 5.65. The van der Waals surface area contributed by atoms with Crippen molar-refractivity contribution in [2.45, 2.75) is 32.4 Å². The maximum atomic E-state index is 12.7. The summed E-state index contributed by atoms with van der Waals surface area (Å²) < 4.78 is 11.6. The Balaban J connectivity index is 1.36. The van der Waals surface area contributed by atoms with Crippen LogP contribution in [0.4, 0.5) is 17.2 Å². The zero-order valence-electron chi connectivity index (χ0n) is 21.5. The van der Waals surface area contributed by atoms with Crippen LogP contribution in [0.3, 0.4) is 0 Å². The van der Waals surface area contributed by atoms with Crippen molar-refractivity contribution in [2.24, 2.45) is 0 Å². The lowest BCUT2D eigenvalue weighted by Crippen LogP contribution is -2.19. The van der Waals surface area contributed by atoms with Crippen LogP contribution in [0.2, 0.25) is 5.02 Å². The van der Waals surface area contributed by atoms with Gasteiger partial charge in [0.2, 0.25) is 5.91 Å². The molecule has 2 aromatic carbocycles. The summed E-state index contributed by atoms with van der Waals surface area (Å²) in [5, 5.41) is 10.8. The van der Waals surface area contributed by atoms with Crippen molar-refractivity contribution >= 4 is 45.6 Å². The Labute approximate surface area is 231 Å². The van der Waals surface area contributed by atoms with Crippen LogP contribution in [0.1, 0.15) is 25.5 Å². The van der Waals surface area contributed by atoms with Crippen LogP contribution in [0.15, 0.2) is 73.2 Å². The van der Waals surface area contributed by atoms with Crippen molar-refractivity contribution in [1.82, 2.24) is 20.3 Å². The van der Waals surface area contributed by atoms with Crippen molar-refractivity contribution < 1.29 is 14.3 Å². The molecular weight excluding hydrogens is 516 g/mol. The van der Waals surface area contributed by atoms with E-state index in [1.807, 2.05) is 43.3 Å². The molecule has 2 aromatic heterocycles. The molecule has 10 heteroatoms. The average Bonchev–Trinajstić information content (AvgIpc) is 3.47. The fourth-order valence-corrected chi connectivity index (χ4v) is 4.51. The Morgan fingerprint density at radius 1 is 1.13 bits per heavy atom. The van der Waals surface area contributed by atoms with Gasteiger partial charge in [0.15, 0.2) is 0 Å². The maximum absolute atomic E-state index is 12.7. The molecule has 0 aliphatic carbocycles. The first-order chi connectivity index (χ1) is 19.1. The zero-order chi connectivity index (χ0) is 27.0. The normalized spacial score (nSPS) is 15.0.